The molecule has 10 aromatic rings. The van der Waals surface area contributed by atoms with E-state index in [1.54, 1.807) is 0 Å². The van der Waals surface area contributed by atoms with Crippen molar-refractivity contribution < 1.29 is 25.6 Å². The van der Waals surface area contributed by atoms with Crippen LogP contribution in [-0.4, -0.2) is 9.55 Å². The van der Waals surface area contributed by atoms with E-state index in [4.69, 9.17) is 4.98 Å². The Morgan fingerprint density at radius 1 is 0.415 bits per heavy atom. The maximum absolute atomic E-state index is 5.19. The van der Waals surface area contributed by atoms with Crippen molar-refractivity contribution in [1.82, 2.24) is 9.55 Å². The van der Waals surface area contributed by atoms with E-state index in [1.165, 1.54) is 66.8 Å². The van der Waals surface area contributed by atoms with Crippen LogP contribution in [0.15, 0.2) is 213 Å². The molecule has 0 aliphatic heterocycles. The molecule has 312 valence electrons. The van der Waals surface area contributed by atoms with Crippen molar-refractivity contribution in [1.29, 1.82) is 0 Å². The molecule has 0 atom stereocenters. The topological polar surface area (TPSA) is 21.7 Å². The van der Waals surface area contributed by atoms with Crippen LogP contribution < -0.4 is 4.57 Å². The number of rotatable bonds is 6. The van der Waals surface area contributed by atoms with Crippen LogP contribution in [0.2, 0.25) is 0 Å². The summed E-state index contributed by atoms with van der Waals surface area (Å²) in [6.45, 7) is 2.15. The molecular weight excluding hydrogens is 970 g/mol. The van der Waals surface area contributed by atoms with E-state index < -0.39 is 16.4 Å². The normalized spacial score (nSPS) is 14.9. The Morgan fingerprint density at radius 3 is 1.22 bits per heavy atom. The van der Waals surface area contributed by atoms with Gasteiger partial charge in [0.15, 0.2) is 0 Å². The fraction of sp³-hybridized carbons (Fsp3) is 0.0820. The molecule has 8 aromatic carbocycles. The Hall–Kier alpha value is -7.19. The second-order valence-corrected chi connectivity index (χ2v) is 17.5. The maximum Gasteiger partial charge on any atom is 0.205 e. The van der Waals surface area contributed by atoms with E-state index >= 15 is 0 Å². The van der Waals surface area contributed by atoms with Crippen molar-refractivity contribution in [2.45, 2.75) is 23.3 Å². The fourth-order valence-electron chi connectivity index (χ4n) is 11.9. The molecule has 0 fully saturated rings. The van der Waals surface area contributed by atoms with E-state index in [0.717, 1.165) is 33.6 Å². The summed E-state index contributed by atoms with van der Waals surface area (Å²) in [5, 5.41) is 0. The Bertz CT molecular complexity index is 3350. The minimum atomic E-state index is -0.790. The quantitative estimate of drug-likeness (QED) is 0.120. The van der Waals surface area contributed by atoms with Crippen LogP contribution in [0.3, 0.4) is 0 Å². The Labute approximate surface area is 394 Å². The van der Waals surface area contributed by atoms with Gasteiger partial charge in [-0.15, -0.1) is 22.3 Å². The maximum atomic E-state index is 5.19. The summed E-state index contributed by atoms with van der Waals surface area (Å²) >= 11 is 0. The average Bonchev–Trinajstić information content (AvgIpc) is 4.06. The van der Waals surface area contributed by atoms with Gasteiger partial charge in [0.2, 0.25) is 6.33 Å². The van der Waals surface area contributed by atoms with Crippen LogP contribution >= 0.6 is 0 Å². The summed E-state index contributed by atoms with van der Waals surface area (Å²) in [4.78, 5) is 5.19. The molecule has 3 aliphatic carbocycles. The second-order valence-electron chi connectivity index (χ2n) is 17.5. The van der Waals surface area contributed by atoms with E-state index in [-0.39, 0.29) is 21.1 Å². The van der Waals surface area contributed by atoms with E-state index in [1.807, 2.05) is 12.3 Å². The number of pyridine rings is 1. The number of aryl methyl sites for hydroxylation is 2. The summed E-state index contributed by atoms with van der Waals surface area (Å²) in [6.07, 6.45) is 7.91. The molecule has 0 spiro atoms. The van der Waals surface area contributed by atoms with Gasteiger partial charge in [-0.2, -0.15) is 48.5 Å². The van der Waals surface area contributed by atoms with E-state index in [2.05, 4.69) is 242 Å². The van der Waals surface area contributed by atoms with Gasteiger partial charge in [0.1, 0.15) is 5.54 Å². The first-order chi connectivity index (χ1) is 31.6. The Morgan fingerprint density at radius 2 is 0.785 bits per heavy atom. The summed E-state index contributed by atoms with van der Waals surface area (Å²) < 4.78 is 4.39. The van der Waals surface area contributed by atoms with Gasteiger partial charge in [0.05, 0.1) is 18.2 Å². The zero-order valence-electron chi connectivity index (χ0n) is 35.9. The van der Waals surface area contributed by atoms with Crippen molar-refractivity contribution in [3.8, 4) is 33.4 Å². The molecule has 0 saturated heterocycles. The van der Waals surface area contributed by atoms with Crippen molar-refractivity contribution in [3.05, 3.63) is 298 Å². The van der Waals surface area contributed by atoms with Gasteiger partial charge in [0.25, 0.3) is 0 Å². The fourth-order valence-corrected chi connectivity index (χ4v) is 11.9. The summed E-state index contributed by atoms with van der Waals surface area (Å²) in [5.74, 6) is 0. The molecule has 13 rings (SSSR count). The number of hydrogen-bond acceptors (Lipinski definition) is 1. The first kappa shape index (κ1) is 39.4. The number of imidazole rings is 1. The third kappa shape index (κ3) is 5.11. The SMILES string of the molecule is Cc1cn(C2(c3[c-]c(C4(c5[c-]c(C6(c7ccccn7)c7ccccc7-c7ccccc76)ccc5)c5ccccc5-c5ccccc54)ccc3)c3ccccc3-c3ccccc32)[c-][n+]1C.[Pt]. The standard InChI is InChI=1S/C61H41N3.Pt/c1-41-39-64(40-63(41)2)61(56-33-13-7-27-50(56)51-28-8-14-34-57(51)61)45-22-18-20-43(38-45)59(52-29-9-3-23-46(52)47-24-4-10-30-53(47)59)42-19-17-21-44(37-42)60(58-35-15-16-36-62-58)54-31-11-5-25-48(54)49-26-6-12-32-55(49)60;/h3-36,39H,1-2H3;/q-2;. The molecule has 2 heterocycles. The zero-order chi connectivity index (χ0) is 42.6. The number of fused-ring (bicyclic) bond motifs is 9. The molecule has 0 bridgehead atoms. The molecular formula is C61H41N3Pt-2. The Kier molecular flexibility index (Phi) is 8.90. The Balaban J connectivity index is 0.00000444. The zero-order valence-corrected chi connectivity index (χ0v) is 38.1. The molecule has 0 N–H and O–H groups in total. The van der Waals surface area contributed by atoms with Crippen LogP contribution in [0.1, 0.15) is 67.0 Å². The summed E-state index contributed by atoms with van der Waals surface area (Å²) in [7, 11) is 2.08. The molecule has 0 radical (unpaired) electrons. The van der Waals surface area contributed by atoms with Gasteiger partial charge in [-0.1, -0.05) is 159 Å². The summed E-state index contributed by atoms with van der Waals surface area (Å²) in [6, 6.07) is 81.9. The molecule has 0 saturated carbocycles. The molecule has 65 heavy (non-hydrogen) atoms. The third-order valence-corrected chi connectivity index (χ3v) is 14.5. The molecule has 2 aromatic heterocycles. The monoisotopic (exact) mass is 1010 g/mol. The third-order valence-electron chi connectivity index (χ3n) is 14.5. The van der Waals surface area contributed by atoms with Crippen LogP contribution in [0, 0.1) is 25.4 Å². The minimum absolute atomic E-state index is 0. The number of benzene rings is 8. The molecule has 4 heteroatoms. The first-order valence-corrected chi connectivity index (χ1v) is 22.1. The average molecular weight is 1010 g/mol. The summed E-state index contributed by atoms with van der Waals surface area (Å²) in [5.41, 5.74) is 18.7. The second kappa shape index (κ2) is 14.7. The molecule has 3 aliphatic rings. The number of aromatic nitrogens is 3. The van der Waals surface area contributed by atoms with Crippen molar-refractivity contribution in [2.24, 2.45) is 7.05 Å². The van der Waals surface area contributed by atoms with Gasteiger partial charge < -0.3 is 9.13 Å². The molecule has 0 amide bonds. The van der Waals surface area contributed by atoms with Gasteiger partial charge >= 0.3 is 0 Å². The van der Waals surface area contributed by atoms with Gasteiger partial charge in [-0.25, -0.2) is 0 Å². The molecule has 3 nitrogen and oxygen atoms in total. The van der Waals surface area contributed by atoms with Gasteiger partial charge in [-0.3, -0.25) is 4.98 Å². The van der Waals surface area contributed by atoms with Crippen LogP contribution in [0.4, 0.5) is 0 Å². The van der Waals surface area contributed by atoms with Crippen molar-refractivity contribution in [2.75, 3.05) is 0 Å². The molecule has 0 unspecified atom stereocenters. The van der Waals surface area contributed by atoms with Crippen molar-refractivity contribution in [3.63, 3.8) is 0 Å². The van der Waals surface area contributed by atoms with Crippen LogP contribution in [0.5, 0.6) is 0 Å². The number of hydrogen-bond donors (Lipinski definition) is 0. The van der Waals surface area contributed by atoms with Gasteiger partial charge in [0, 0.05) is 43.8 Å². The smallest absolute Gasteiger partial charge is 0.205 e. The largest absolute Gasteiger partial charge is 0.351 e. The predicted octanol–water partition coefficient (Wildman–Crippen LogP) is 12.0. The van der Waals surface area contributed by atoms with Crippen LogP contribution in [0.25, 0.3) is 33.4 Å². The van der Waals surface area contributed by atoms with Gasteiger partial charge in [-0.05, 0) is 79.7 Å². The van der Waals surface area contributed by atoms with Crippen molar-refractivity contribution >= 4 is 0 Å². The van der Waals surface area contributed by atoms with E-state index in [0.29, 0.717) is 0 Å². The minimum Gasteiger partial charge on any atom is -0.351 e. The van der Waals surface area contributed by atoms with Crippen LogP contribution in [-0.2, 0) is 44.5 Å². The predicted molar refractivity (Wildman–Crippen MR) is 253 cm³/mol. The van der Waals surface area contributed by atoms with E-state index in [9.17, 15) is 0 Å². The number of nitrogens with zero attached hydrogens (tertiary/aromatic N) is 3. The first-order valence-electron chi connectivity index (χ1n) is 22.1.